The predicted molar refractivity (Wildman–Crippen MR) is 107 cm³/mol. The second-order valence-corrected chi connectivity index (χ2v) is 6.92. The number of phenolic OH excluding ortho intramolecular Hbond substituents is 1. The molecule has 0 aliphatic carbocycles. The fraction of sp³-hybridized carbons (Fsp3) is 0.0556. The molecule has 0 spiro atoms. The van der Waals surface area contributed by atoms with E-state index in [0.29, 0.717) is 10.8 Å². The quantitative estimate of drug-likeness (QED) is 0.279. The van der Waals surface area contributed by atoms with E-state index in [2.05, 4.69) is 5.32 Å². The molecule has 1 amide bonds. The highest BCUT2D eigenvalue weighted by Gasteiger charge is 2.17. The number of ether oxygens (including phenoxy) is 1. The maximum absolute atomic E-state index is 12.3. The summed E-state index contributed by atoms with van der Waals surface area (Å²) in [6.45, 7) is -0.0584. The molecule has 0 saturated carbocycles. The van der Waals surface area contributed by atoms with Crippen molar-refractivity contribution in [3.05, 3.63) is 79.2 Å². The summed E-state index contributed by atoms with van der Waals surface area (Å²) in [5.74, 6) is -0.645. The van der Waals surface area contributed by atoms with Gasteiger partial charge in [0.25, 0.3) is 11.6 Å². The predicted octanol–water partition coefficient (Wildman–Crippen LogP) is 5.68. The van der Waals surface area contributed by atoms with E-state index in [1.807, 2.05) is 0 Å². The lowest BCUT2D eigenvalue weighted by atomic mass is 10.2. The van der Waals surface area contributed by atoms with Gasteiger partial charge in [-0.1, -0.05) is 34.8 Å². The van der Waals surface area contributed by atoms with Crippen molar-refractivity contribution in [2.45, 2.75) is 6.61 Å². The average molecular weight is 458 g/mol. The first-order chi connectivity index (χ1) is 13.7. The Morgan fingerprint density at radius 2 is 1.83 bits per heavy atom. The molecule has 0 atom stereocenters. The molecule has 0 aliphatic heterocycles. The van der Waals surface area contributed by atoms with Crippen LogP contribution in [-0.4, -0.2) is 15.9 Å². The van der Waals surface area contributed by atoms with Crippen LogP contribution < -0.4 is 10.1 Å². The van der Waals surface area contributed by atoms with E-state index in [4.69, 9.17) is 44.0 Å². The van der Waals surface area contributed by atoms with Crippen molar-refractivity contribution in [3.8, 4) is 11.5 Å². The Bertz CT molecular complexity index is 1080. The van der Waals surface area contributed by atoms with Gasteiger partial charge in [0.1, 0.15) is 18.1 Å². The van der Waals surface area contributed by atoms with E-state index >= 15 is 0 Å². The number of amides is 1. The molecular weight excluding hydrogens is 447 g/mol. The lowest BCUT2D eigenvalue weighted by molar-refractivity contribution is -0.384. The van der Waals surface area contributed by atoms with Crippen molar-refractivity contribution in [2.24, 2.45) is 0 Å². The summed E-state index contributed by atoms with van der Waals surface area (Å²) in [7, 11) is 0. The van der Waals surface area contributed by atoms with Gasteiger partial charge in [0.2, 0.25) is 0 Å². The molecule has 0 aliphatic rings. The first-order valence-electron chi connectivity index (χ1n) is 7.89. The molecule has 1 heterocycles. The van der Waals surface area contributed by atoms with Crippen molar-refractivity contribution in [2.75, 3.05) is 5.32 Å². The van der Waals surface area contributed by atoms with Gasteiger partial charge in [0.15, 0.2) is 11.5 Å². The Labute approximate surface area is 178 Å². The van der Waals surface area contributed by atoms with Crippen LogP contribution in [0.5, 0.6) is 11.5 Å². The molecule has 0 saturated heterocycles. The number of halogens is 3. The molecule has 29 heavy (non-hydrogen) atoms. The highest BCUT2D eigenvalue weighted by molar-refractivity contribution is 6.40. The first-order valence-corrected chi connectivity index (χ1v) is 9.03. The minimum absolute atomic E-state index is 0.00507. The number of furan rings is 1. The van der Waals surface area contributed by atoms with Crippen molar-refractivity contribution in [1.29, 1.82) is 0 Å². The summed E-state index contributed by atoms with van der Waals surface area (Å²) in [4.78, 5) is 22.3. The second kappa shape index (κ2) is 8.60. The molecular formula is C18H11Cl3N2O6. The molecule has 0 radical (unpaired) electrons. The zero-order chi connectivity index (χ0) is 21.1. The molecule has 0 unspecified atom stereocenters. The topological polar surface area (TPSA) is 115 Å². The number of hydrogen-bond acceptors (Lipinski definition) is 6. The maximum Gasteiger partial charge on any atom is 0.291 e. The third-order valence-corrected chi connectivity index (χ3v) is 4.43. The molecule has 0 bridgehead atoms. The van der Waals surface area contributed by atoms with Crippen LogP contribution in [0.25, 0.3) is 0 Å². The van der Waals surface area contributed by atoms with Gasteiger partial charge in [-0.05, 0) is 30.3 Å². The van der Waals surface area contributed by atoms with Crippen molar-refractivity contribution in [1.82, 2.24) is 0 Å². The number of hydrogen-bond donors (Lipinski definition) is 2. The van der Waals surface area contributed by atoms with Crippen LogP contribution in [0.15, 0.2) is 46.9 Å². The molecule has 11 heteroatoms. The van der Waals surface area contributed by atoms with Gasteiger partial charge in [-0.25, -0.2) is 0 Å². The number of carbonyl (C=O) groups is 1. The zero-order valence-electron chi connectivity index (χ0n) is 14.3. The number of anilines is 1. The van der Waals surface area contributed by atoms with Crippen LogP contribution in [0.3, 0.4) is 0 Å². The van der Waals surface area contributed by atoms with Gasteiger partial charge in [-0.15, -0.1) is 0 Å². The third-order valence-electron chi connectivity index (χ3n) is 3.65. The molecule has 1 aromatic heterocycles. The van der Waals surface area contributed by atoms with Crippen LogP contribution in [0, 0.1) is 10.1 Å². The molecule has 0 fully saturated rings. The Morgan fingerprint density at radius 3 is 2.45 bits per heavy atom. The van der Waals surface area contributed by atoms with Gasteiger partial charge in [-0.2, -0.15) is 0 Å². The van der Waals surface area contributed by atoms with Gasteiger partial charge in [0, 0.05) is 11.1 Å². The number of benzene rings is 2. The van der Waals surface area contributed by atoms with Crippen LogP contribution in [0.2, 0.25) is 15.1 Å². The Hall–Kier alpha value is -2.94. The summed E-state index contributed by atoms with van der Waals surface area (Å²) in [5, 5.41) is 23.7. The molecule has 8 nitrogen and oxygen atoms in total. The molecule has 2 aromatic carbocycles. The number of nitro benzene ring substituents is 1. The lowest BCUT2D eigenvalue weighted by Gasteiger charge is -2.09. The summed E-state index contributed by atoms with van der Waals surface area (Å²) < 4.78 is 10.9. The Kier molecular flexibility index (Phi) is 6.17. The van der Waals surface area contributed by atoms with Gasteiger partial charge in [0.05, 0.1) is 26.7 Å². The van der Waals surface area contributed by atoms with E-state index in [0.717, 1.165) is 12.1 Å². The molecule has 3 aromatic rings. The Balaban J connectivity index is 1.67. The van der Waals surface area contributed by atoms with Crippen LogP contribution >= 0.6 is 34.8 Å². The number of nitrogens with one attached hydrogen (secondary N) is 1. The largest absolute Gasteiger partial charge is 0.506 e. The minimum Gasteiger partial charge on any atom is -0.506 e. The first kappa shape index (κ1) is 20.8. The van der Waals surface area contributed by atoms with Gasteiger partial charge >= 0.3 is 0 Å². The Morgan fingerprint density at radius 1 is 1.14 bits per heavy atom. The summed E-state index contributed by atoms with van der Waals surface area (Å²) in [6.07, 6.45) is 0. The minimum atomic E-state index is -0.664. The summed E-state index contributed by atoms with van der Waals surface area (Å²) >= 11 is 17.9. The number of rotatable bonds is 6. The molecule has 2 N–H and O–H groups in total. The SMILES string of the molecule is O=C(Nc1ccc([N+](=O)[O-])cc1O)c1ccc(COc2c(Cl)cc(Cl)cc2Cl)o1. The zero-order valence-corrected chi connectivity index (χ0v) is 16.6. The van der Waals surface area contributed by atoms with Gasteiger partial charge in [-0.3, -0.25) is 14.9 Å². The van der Waals surface area contributed by atoms with Crippen molar-refractivity contribution >= 4 is 52.1 Å². The normalized spacial score (nSPS) is 10.6. The number of nitrogens with zero attached hydrogens (tertiary/aromatic N) is 1. The number of nitro groups is 1. The number of carbonyl (C=O) groups excluding carboxylic acids is 1. The maximum atomic E-state index is 12.3. The van der Waals surface area contributed by atoms with E-state index in [1.54, 1.807) is 0 Å². The lowest BCUT2D eigenvalue weighted by Crippen LogP contribution is -2.11. The second-order valence-electron chi connectivity index (χ2n) is 5.67. The number of aromatic hydroxyl groups is 1. The van der Waals surface area contributed by atoms with Crippen LogP contribution in [0.4, 0.5) is 11.4 Å². The molecule has 3 rings (SSSR count). The summed E-state index contributed by atoms with van der Waals surface area (Å²) in [6, 6.07) is 9.16. The van der Waals surface area contributed by atoms with Gasteiger partial charge < -0.3 is 19.6 Å². The summed E-state index contributed by atoms with van der Waals surface area (Å²) in [5.41, 5.74) is -0.313. The van der Waals surface area contributed by atoms with Crippen LogP contribution in [-0.2, 0) is 6.61 Å². The standard InChI is InChI=1S/C18H11Cl3N2O6/c19-9-5-12(20)17(13(21)6-9)28-8-11-2-4-16(29-11)18(25)22-14-3-1-10(23(26)27)7-15(14)24/h1-7,24H,8H2,(H,22,25). The van der Waals surface area contributed by atoms with E-state index in [1.165, 1.54) is 30.3 Å². The van der Waals surface area contributed by atoms with E-state index in [9.17, 15) is 20.0 Å². The van der Waals surface area contributed by atoms with Crippen LogP contribution in [0.1, 0.15) is 16.3 Å². The fourth-order valence-electron chi connectivity index (χ4n) is 2.31. The van der Waals surface area contributed by atoms with E-state index in [-0.39, 0.29) is 39.5 Å². The van der Waals surface area contributed by atoms with Crippen molar-refractivity contribution in [3.63, 3.8) is 0 Å². The highest BCUT2D eigenvalue weighted by Crippen LogP contribution is 2.36. The molecule has 150 valence electrons. The highest BCUT2D eigenvalue weighted by atomic mass is 35.5. The average Bonchev–Trinajstić information content (AvgIpc) is 3.11. The van der Waals surface area contributed by atoms with E-state index < -0.39 is 16.6 Å². The number of non-ortho nitro benzene ring substituents is 1. The smallest absolute Gasteiger partial charge is 0.291 e. The third kappa shape index (κ3) is 4.92. The number of phenols is 1. The fourth-order valence-corrected chi connectivity index (χ4v) is 3.24. The van der Waals surface area contributed by atoms with Crippen molar-refractivity contribution < 1.29 is 24.0 Å². The monoisotopic (exact) mass is 456 g/mol.